The highest BCUT2D eigenvalue weighted by Crippen LogP contribution is 2.20. The summed E-state index contributed by atoms with van der Waals surface area (Å²) < 4.78 is 1.85. The molecule has 26 heavy (non-hydrogen) atoms. The molecule has 0 radical (unpaired) electrons. The summed E-state index contributed by atoms with van der Waals surface area (Å²) in [5.74, 6) is -0.248. The van der Waals surface area contributed by atoms with Crippen LogP contribution >= 0.6 is 0 Å². The number of benzene rings is 2. The number of carbonyl (C=O) groups is 2. The molecular weight excluding hydrogens is 326 g/mol. The van der Waals surface area contributed by atoms with Crippen molar-refractivity contribution in [3.63, 3.8) is 0 Å². The van der Waals surface area contributed by atoms with Crippen LogP contribution in [0.1, 0.15) is 34.2 Å². The second kappa shape index (κ2) is 7.35. The molecule has 0 aliphatic heterocycles. The zero-order chi connectivity index (χ0) is 18.7. The second-order valence-corrected chi connectivity index (χ2v) is 6.22. The molecule has 5 nitrogen and oxygen atoms in total. The number of anilines is 1. The summed E-state index contributed by atoms with van der Waals surface area (Å²) in [6, 6.07) is 16.8. The van der Waals surface area contributed by atoms with E-state index in [4.69, 9.17) is 0 Å². The van der Waals surface area contributed by atoms with Crippen molar-refractivity contribution in [2.45, 2.75) is 27.2 Å². The summed E-state index contributed by atoms with van der Waals surface area (Å²) in [5.41, 5.74) is 4.66. The summed E-state index contributed by atoms with van der Waals surface area (Å²) in [7, 11) is 0. The van der Waals surface area contributed by atoms with Crippen molar-refractivity contribution in [1.29, 1.82) is 0 Å². The Morgan fingerprint density at radius 1 is 1.00 bits per heavy atom. The lowest BCUT2D eigenvalue weighted by atomic mass is 10.1. The maximum Gasteiger partial charge on any atom is 0.228 e. The zero-order valence-corrected chi connectivity index (χ0v) is 15.1. The molecule has 0 saturated heterocycles. The van der Waals surface area contributed by atoms with Crippen molar-refractivity contribution >= 4 is 17.4 Å². The minimum Gasteiger partial charge on any atom is -0.325 e. The van der Waals surface area contributed by atoms with Crippen molar-refractivity contribution in [1.82, 2.24) is 9.78 Å². The van der Waals surface area contributed by atoms with Gasteiger partial charge in [-0.3, -0.25) is 9.59 Å². The lowest BCUT2D eigenvalue weighted by molar-refractivity contribution is -0.115. The van der Waals surface area contributed by atoms with Crippen LogP contribution in [0.5, 0.6) is 0 Å². The van der Waals surface area contributed by atoms with E-state index in [1.165, 1.54) is 6.92 Å². The topological polar surface area (TPSA) is 64.0 Å². The minimum atomic E-state index is -0.169. The Kier molecular flexibility index (Phi) is 4.98. The third kappa shape index (κ3) is 3.57. The molecule has 3 rings (SSSR count). The number of hydrogen-bond acceptors (Lipinski definition) is 3. The second-order valence-electron chi connectivity index (χ2n) is 6.22. The Morgan fingerprint density at radius 2 is 1.65 bits per heavy atom. The number of aryl methyl sites for hydroxylation is 1. The van der Waals surface area contributed by atoms with Gasteiger partial charge in [0.1, 0.15) is 0 Å². The largest absolute Gasteiger partial charge is 0.325 e. The number of nitrogens with one attached hydrogen (secondary N) is 1. The number of nitrogens with zero attached hydrogens (tertiary/aromatic N) is 2. The quantitative estimate of drug-likeness (QED) is 0.713. The fraction of sp³-hybridized carbons (Fsp3) is 0.190. The third-order valence-corrected chi connectivity index (χ3v) is 4.36. The van der Waals surface area contributed by atoms with E-state index in [0.29, 0.717) is 11.3 Å². The predicted octanol–water partition coefficient (Wildman–Crippen LogP) is 3.87. The molecule has 0 aliphatic rings. The predicted molar refractivity (Wildman–Crippen MR) is 102 cm³/mol. The van der Waals surface area contributed by atoms with Gasteiger partial charge in [0.15, 0.2) is 5.78 Å². The van der Waals surface area contributed by atoms with Gasteiger partial charge in [-0.15, -0.1) is 0 Å². The average Bonchev–Trinajstić information content (AvgIpc) is 2.91. The van der Waals surface area contributed by atoms with Crippen LogP contribution in [-0.4, -0.2) is 21.5 Å². The Hall–Kier alpha value is -3.21. The lowest BCUT2D eigenvalue weighted by Gasteiger charge is -2.09. The van der Waals surface area contributed by atoms with Gasteiger partial charge in [-0.1, -0.05) is 30.3 Å². The van der Waals surface area contributed by atoms with E-state index in [0.717, 1.165) is 22.6 Å². The van der Waals surface area contributed by atoms with Gasteiger partial charge in [0.25, 0.3) is 0 Å². The molecule has 0 fully saturated rings. The Balaban J connectivity index is 1.83. The van der Waals surface area contributed by atoms with E-state index >= 15 is 0 Å². The van der Waals surface area contributed by atoms with Crippen molar-refractivity contribution in [3.8, 4) is 5.69 Å². The number of aromatic nitrogens is 2. The molecular formula is C21H21N3O2. The minimum absolute atomic E-state index is 0.0786. The fourth-order valence-corrected chi connectivity index (χ4v) is 3.01. The highest BCUT2D eigenvalue weighted by Gasteiger charge is 2.17. The summed E-state index contributed by atoms with van der Waals surface area (Å²) in [6.45, 7) is 5.35. The Labute approximate surface area is 152 Å². The van der Waals surface area contributed by atoms with Crippen LogP contribution in [0.15, 0.2) is 54.6 Å². The smallest absolute Gasteiger partial charge is 0.228 e. The number of para-hydroxylation sites is 2. The van der Waals surface area contributed by atoms with Crippen LogP contribution in [0, 0.1) is 13.8 Å². The van der Waals surface area contributed by atoms with Crippen LogP contribution in [0.3, 0.4) is 0 Å². The van der Waals surface area contributed by atoms with Crippen LogP contribution in [0.4, 0.5) is 5.69 Å². The van der Waals surface area contributed by atoms with E-state index in [9.17, 15) is 9.59 Å². The number of amides is 1. The molecule has 1 heterocycles. The summed E-state index contributed by atoms with van der Waals surface area (Å²) in [4.78, 5) is 24.3. The van der Waals surface area contributed by atoms with Crippen molar-refractivity contribution in [2.24, 2.45) is 0 Å². The molecule has 0 bridgehead atoms. The first-order valence-corrected chi connectivity index (χ1v) is 8.47. The van der Waals surface area contributed by atoms with Gasteiger partial charge >= 0.3 is 0 Å². The number of carbonyl (C=O) groups excluding carboxylic acids is 2. The van der Waals surface area contributed by atoms with Crippen molar-refractivity contribution < 1.29 is 9.59 Å². The van der Waals surface area contributed by atoms with Gasteiger partial charge in [-0.2, -0.15) is 5.10 Å². The normalized spacial score (nSPS) is 10.6. The van der Waals surface area contributed by atoms with Gasteiger partial charge < -0.3 is 5.32 Å². The standard InChI is InChI=1S/C21H21N3O2/c1-14-19(15(2)24(23-14)17-9-5-4-6-10-17)13-21(26)22-20-12-8-7-11-18(20)16(3)25/h4-12H,13H2,1-3H3,(H,22,26). The molecule has 0 aliphatic carbocycles. The molecule has 1 aromatic heterocycles. The Morgan fingerprint density at radius 3 is 2.35 bits per heavy atom. The molecule has 5 heteroatoms. The molecule has 3 aromatic rings. The SMILES string of the molecule is CC(=O)c1ccccc1NC(=O)Cc1c(C)nn(-c2ccccc2)c1C. The van der Waals surface area contributed by atoms with Crippen LogP contribution in [0.25, 0.3) is 5.69 Å². The van der Waals surface area contributed by atoms with Crippen molar-refractivity contribution in [3.05, 3.63) is 77.1 Å². The van der Waals surface area contributed by atoms with Gasteiger partial charge in [0.05, 0.1) is 23.5 Å². The molecule has 0 unspecified atom stereocenters. The summed E-state index contributed by atoms with van der Waals surface area (Å²) in [5, 5.41) is 7.42. The van der Waals surface area contributed by atoms with Crippen molar-refractivity contribution in [2.75, 3.05) is 5.32 Å². The molecule has 1 N–H and O–H groups in total. The molecule has 1 amide bonds. The maximum atomic E-state index is 12.5. The average molecular weight is 347 g/mol. The maximum absolute atomic E-state index is 12.5. The van der Waals surface area contributed by atoms with Crippen LogP contribution < -0.4 is 5.32 Å². The summed E-state index contributed by atoms with van der Waals surface area (Å²) in [6.07, 6.45) is 0.205. The number of rotatable bonds is 5. The molecule has 2 aromatic carbocycles. The molecule has 0 atom stereocenters. The first-order valence-electron chi connectivity index (χ1n) is 8.47. The van der Waals surface area contributed by atoms with Gasteiger partial charge in [-0.25, -0.2) is 4.68 Å². The van der Waals surface area contributed by atoms with Crippen LogP contribution in [0.2, 0.25) is 0 Å². The molecule has 0 spiro atoms. The highest BCUT2D eigenvalue weighted by molar-refractivity contribution is 6.04. The third-order valence-electron chi connectivity index (χ3n) is 4.36. The van der Waals surface area contributed by atoms with Gasteiger partial charge in [0, 0.05) is 16.8 Å². The van der Waals surface area contributed by atoms with E-state index in [-0.39, 0.29) is 18.1 Å². The fourth-order valence-electron chi connectivity index (χ4n) is 3.01. The first kappa shape index (κ1) is 17.6. The molecule has 0 saturated carbocycles. The number of Topliss-reactive ketones (excluding diaryl/α,β-unsaturated/α-hetero) is 1. The van der Waals surface area contributed by atoms with Gasteiger partial charge in [-0.05, 0) is 45.0 Å². The molecule has 132 valence electrons. The van der Waals surface area contributed by atoms with Crippen LogP contribution in [-0.2, 0) is 11.2 Å². The monoisotopic (exact) mass is 347 g/mol. The van der Waals surface area contributed by atoms with Gasteiger partial charge in [0.2, 0.25) is 5.91 Å². The van der Waals surface area contributed by atoms with E-state index in [1.54, 1.807) is 24.3 Å². The van der Waals surface area contributed by atoms with E-state index in [1.807, 2.05) is 48.9 Å². The van der Waals surface area contributed by atoms with E-state index in [2.05, 4.69) is 10.4 Å². The lowest BCUT2D eigenvalue weighted by Crippen LogP contribution is -2.17. The number of ketones is 1. The van der Waals surface area contributed by atoms with E-state index < -0.39 is 0 Å². The highest BCUT2D eigenvalue weighted by atomic mass is 16.1. The number of hydrogen-bond donors (Lipinski definition) is 1. The summed E-state index contributed by atoms with van der Waals surface area (Å²) >= 11 is 0. The Bertz CT molecular complexity index is 959. The first-order chi connectivity index (χ1) is 12.5. The zero-order valence-electron chi connectivity index (χ0n) is 15.1.